The molecule has 0 aromatic heterocycles. The third-order valence-corrected chi connectivity index (χ3v) is 3.34. The summed E-state index contributed by atoms with van der Waals surface area (Å²) >= 11 is 0. The normalized spacial score (nSPS) is 15.7. The molecule has 0 bridgehead atoms. The smallest absolute Gasteiger partial charge is 0.299 e. The Hall–Kier alpha value is -3.28. The molecule has 0 aliphatic carbocycles. The van der Waals surface area contributed by atoms with E-state index in [-0.39, 0.29) is 11.6 Å². The van der Waals surface area contributed by atoms with Crippen LogP contribution in [0, 0.1) is 0 Å². The van der Waals surface area contributed by atoms with Crippen LogP contribution in [-0.2, 0) is 4.79 Å². The molecule has 1 fully saturated rings. The lowest BCUT2D eigenvalue weighted by molar-refractivity contribution is -0.112. The third-order valence-electron chi connectivity index (χ3n) is 3.34. The first-order chi connectivity index (χ1) is 11.2. The van der Waals surface area contributed by atoms with Crippen molar-refractivity contribution in [3.63, 3.8) is 0 Å². The van der Waals surface area contributed by atoms with E-state index in [2.05, 4.69) is 22.5 Å². The van der Waals surface area contributed by atoms with Gasteiger partial charge in [-0.05, 0) is 36.4 Å². The second-order valence-electron chi connectivity index (χ2n) is 4.87. The van der Waals surface area contributed by atoms with Crippen molar-refractivity contribution in [3.05, 3.63) is 66.9 Å². The van der Waals surface area contributed by atoms with E-state index in [1.165, 1.54) is 5.01 Å². The number of rotatable bonds is 4. The molecule has 0 atom stereocenters. The van der Waals surface area contributed by atoms with E-state index in [9.17, 15) is 4.79 Å². The summed E-state index contributed by atoms with van der Waals surface area (Å²) < 4.78 is 5.10. The molecule has 1 amide bonds. The van der Waals surface area contributed by atoms with Gasteiger partial charge in [-0.2, -0.15) is 5.10 Å². The molecule has 6 heteroatoms. The van der Waals surface area contributed by atoms with E-state index >= 15 is 0 Å². The Labute approximate surface area is 134 Å². The first-order valence-corrected chi connectivity index (χ1v) is 7.02. The molecular formula is C17H16N4O2. The molecule has 2 N–H and O–H groups in total. The Morgan fingerprint density at radius 2 is 1.83 bits per heavy atom. The molecule has 1 aliphatic heterocycles. The summed E-state index contributed by atoms with van der Waals surface area (Å²) in [5.74, 6) is 0.490. The molecule has 1 aliphatic rings. The number of carbonyl (C=O) groups excluding carboxylic acids is 1. The first-order valence-electron chi connectivity index (χ1n) is 7.02. The molecule has 0 spiro atoms. The summed E-state index contributed by atoms with van der Waals surface area (Å²) in [6.07, 6.45) is 0. The van der Waals surface area contributed by atoms with E-state index < -0.39 is 0 Å². The fourth-order valence-corrected chi connectivity index (χ4v) is 2.13. The topological polar surface area (TPSA) is 66.0 Å². The van der Waals surface area contributed by atoms with Gasteiger partial charge in [0.25, 0.3) is 5.91 Å². The number of hydrogen-bond acceptors (Lipinski definition) is 5. The lowest BCUT2D eigenvalue weighted by atomic mass is 10.3. The van der Waals surface area contributed by atoms with Gasteiger partial charge in [-0.15, -0.1) is 0 Å². The SMILES string of the molecule is C=C1NN(c2ccccc2)C(=O)C1=NNc1ccc(OC)cc1. The van der Waals surface area contributed by atoms with Gasteiger partial charge in [0, 0.05) is 0 Å². The van der Waals surface area contributed by atoms with Gasteiger partial charge in [0.15, 0.2) is 5.71 Å². The zero-order valence-corrected chi connectivity index (χ0v) is 12.6. The van der Waals surface area contributed by atoms with Crippen molar-refractivity contribution in [2.45, 2.75) is 0 Å². The highest BCUT2D eigenvalue weighted by Crippen LogP contribution is 2.19. The Morgan fingerprint density at radius 3 is 2.48 bits per heavy atom. The van der Waals surface area contributed by atoms with Gasteiger partial charge >= 0.3 is 0 Å². The zero-order valence-electron chi connectivity index (χ0n) is 12.6. The van der Waals surface area contributed by atoms with Crippen molar-refractivity contribution in [3.8, 4) is 5.75 Å². The third kappa shape index (κ3) is 3.01. The van der Waals surface area contributed by atoms with Crippen LogP contribution in [0.25, 0.3) is 0 Å². The van der Waals surface area contributed by atoms with Gasteiger partial charge in [0.05, 0.1) is 24.2 Å². The van der Waals surface area contributed by atoms with Gasteiger partial charge in [-0.1, -0.05) is 24.8 Å². The monoisotopic (exact) mass is 308 g/mol. The molecule has 6 nitrogen and oxygen atoms in total. The zero-order chi connectivity index (χ0) is 16.2. The van der Waals surface area contributed by atoms with Crippen LogP contribution in [0.3, 0.4) is 0 Å². The molecule has 116 valence electrons. The maximum Gasteiger partial charge on any atom is 0.299 e. The molecule has 23 heavy (non-hydrogen) atoms. The second-order valence-corrected chi connectivity index (χ2v) is 4.87. The molecule has 1 heterocycles. The first kappa shape index (κ1) is 14.6. The molecule has 0 radical (unpaired) electrons. The number of para-hydroxylation sites is 1. The van der Waals surface area contributed by atoms with Crippen molar-refractivity contribution in [1.82, 2.24) is 5.43 Å². The highest BCUT2D eigenvalue weighted by Gasteiger charge is 2.32. The van der Waals surface area contributed by atoms with E-state index in [0.717, 1.165) is 17.1 Å². The van der Waals surface area contributed by atoms with Crippen molar-refractivity contribution in [2.24, 2.45) is 5.10 Å². The van der Waals surface area contributed by atoms with Crippen LogP contribution < -0.4 is 20.6 Å². The van der Waals surface area contributed by atoms with Crippen molar-refractivity contribution < 1.29 is 9.53 Å². The molecule has 0 saturated carbocycles. The number of hydrazine groups is 1. The molecule has 2 aromatic carbocycles. The minimum atomic E-state index is -0.262. The largest absolute Gasteiger partial charge is 0.497 e. The standard InChI is InChI=1S/C17H16N4O2/c1-12-16(19-18-13-8-10-15(23-2)11-9-13)17(22)21(20-12)14-6-4-3-5-7-14/h3-11,18,20H,1H2,2H3. The van der Waals surface area contributed by atoms with Crippen molar-refractivity contribution in [2.75, 3.05) is 17.5 Å². The van der Waals surface area contributed by atoms with Crippen LogP contribution in [0.5, 0.6) is 5.75 Å². The summed E-state index contributed by atoms with van der Waals surface area (Å²) in [4.78, 5) is 12.4. The lowest BCUT2D eigenvalue weighted by Crippen LogP contribution is -2.34. The van der Waals surface area contributed by atoms with Crippen molar-refractivity contribution >= 4 is 23.0 Å². The molecule has 2 aromatic rings. The summed E-state index contributed by atoms with van der Waals surface area (Å²) in [6, 6.07) is 16.5. The Balaban J connectivity index is 1.76. The molecular weight excluding hydrogens is 292 g/mol. The van der Waals surface area contributed by atoms with Crippen molar-refractivity contribution in [1.29, 1.82) is 0 Å². The lowest BCUT2D eigenvalue weighted by Gasteiger charge is -2.14. The number of ether oxygens (including phenoxy) is 1. The molecule has 3 rings (SSSR count). The number of anilines is 2. The average Bonchev–Trinajstić information content (AvgIpc) is 2.88. The van der Waals surface area contributed by atoms with Gasteiger partial charge in [0.2, 0.25) is 0 Å². The predicted octanol–water partition coefficient (Wildman–Crippen LogP) is 2.53. The van der Waals surface area contributed by atoms with E-state index in [1.807, 2.05) is 54.6 Å². The highest BCUT2D eigenvalue weighted by molar-refractivity contribution is 6.51. The van der Waals surface area contributed by atoms with Crippen LogP contribution in [0.1, 0.15) is 0 Å². The Morgan fingerprint density at radius 1 is 1.13 bits per heavy atom. The summed E-state index contributed by atoms with van der Waals surface area (Å²) in [5, 5.41) is 5.57. The molecule has 1 saturated heterocycles. The molecule has 0 unspecified atom stereocenters. The van der Waals surface area contributed by atoms with E-state index in [1.54, 1.807) is 7.11 Å². The van der Waals surface area contributed by atoms with E-state index in [0.29, 0.717) is 5.70 Å². The maximum absolute atomic E-state index is 12.4. The predicted molar refractivity (Wildman–Crippen MR) is 90.3 cm³/mol. The van der Waals surface area contributed by atoms with Gasteiger partial charge < -0.3 is 4.74 Å². The summed E-state index contributed by atoms with van der Waals surface area (Å²) in [6.45, 7) is 3.84. The summed E-state index contributed by atoms with van der Waals surface area (Å²) in [5.41, 5.74) is 7.94. The number of hydrazone groups is 1. The van der Waals surface area contributed by atoms with Crippen LogP contribution in [0.2, 0.25) is 0 Å². The fourth-order valence-electron chi connectivity index (χ4n) is 2.13. The quantitative estimate of drug-likeness (QED) is 0.852. The maximum atomic E-state index is 12.4. The van der Waals surface area contributed by atoms with Crippen LogP contribution in [-0.4, -0.2) is 18.7 Å². The Kier molecular flexibility index (Phi) is 3.97. The average molecular weight is 308 g/mol. The van der Waals surface area contributed by atoms with Gasteiger partial charge in [-0.25, -0.2) is 5.01 Å². The Bertz CT molecular complexity index is 754. The number of hydrogen-bond donors (Lipinski definition) is 2. The van der Waals surface area contributed by atoms with Crippen LogP contribution in [0.4, 0.5) is 11.4 Å². The van der Waals surface area contributed by atoms with Crippen LogP contribution >= 0.6 is 0 Å². The number of nitrogens with one attached hydrogen (secondary N) is 2. The van der Waals surface area contributed by atoms with Gasteiger partial charge in [-0.3, -0.25) is 15.6 Å². The number of amides is 1. The number of nitrogens with zero attached hydrogens (tertiary/aromatic N) is 2. The van der Waals surface area contributed by atoms with E-state index in [4.69, 9.17) is 4.74 Å². The fraction of sp³-hybridized carbons (Fsp3) is 0.0588. The minimum Gasteiger partial charge on any atom is -0.497 e. The number of carbonyl (C=O) groups is 1. The summed E-state index contributed by atoms with van der Waals surface area (Å²) in [7, 11) is 1.60. The minimum absolute atomic E-state index is 0.240. The second kappa shape index (κ2) is 6.23. The number of benzene rings is 2. The van der Waals surface area contributed by atoms with Crippen LogP contribution in [0.15, 0.2) is 72.0 Å². The highest BCUT2D eigenvalue weighted by atomic mass is 16.5. The number of methoxy groups -OCH3 is 1. The van der Waals surface area contributed by atoms with Gasteiger partial charge in [0.1, 0.15) is 5.75 Å².